The molecule has 9 heteroatoms. The highest BCUT2D eigenvalue weighted by Gasteiger charge is 2.30. The van der Waals surface area contributed by atoms with Crippen LogP contribution in [0.1, 0.15) is 34.5 Å². The zero-order chi connectivity index (χ0) is 23.4. The SMILES string of the molecule is COc1ccc(OC)c(S(=O)(=O)N(Cc2ccc(C(=O)NC3CC3)cc2)Cc2ccco2)c1. The second-order valence-corrected chi connectivity index (χ2v) is 9.72. The van der Waals surface area contributed by atoms with E-state index < -0.39 is 10.0 Å². The van der Waals surface area contributed by atoms with E-state index in [1.807, 2.05) is 0 Å². The Morgan fingerprint density at radius 1 is 1.06 bits per heavy atom. The zero-order valence-electron chi connectivity index (χ0n) is 18.5. The molecule has 1 N–H and O–H groups in total. The van der Waals surface area contributed by atoms with E-state index in [1.165, 1.54) is 30.9 Å². The number of nitrogens with one attached hydrogen (secondary N) is 1. The molecule has 1 fully saturated rings. The fourth-order valence-corrected chi connectivity index (χ4v) is 4.95. The Kier molecular flexibility index (Phi) is 6.71. The summed E-state index contributed by atoms with van der Waals surface area (Å²) in [5.74, 6) is 0.997. The topological polar surface area (TPSA) is 98.1 Å². The summed E-state index contributed by atoms with van der Waals surface area (Å²) < 4.78 is 44.7. The number of carbonyl (C=O) groups is 1. The lowest BCUT2D eigenvalue weighted by molar-refractivity contribution is 0.0951. The number of furan rings is 1. The highest BCUT2D eigenvalue weighted by Crippen LogP contribution is 2.32. The minimum atomic E-state index is -4.00. The van der Waals surface area contributed by atoms with Crippen LogP contribution in [0.5, 0.6) is 11.5 Å². The molecule has 0 saturated heterocycles. The molecule has 0 spiro atoms. The van der Waals surface area contributed by atoms with E-state index in [-0.39, 0.29) is 35.7 Å². The van der Waals surface area contributed by atoms with Gasteiger partial charge in [0, 0.05) is 24.2 Å². The van der Waals surface area contributed by atoms with Crippen molar-refractivity contribution in [2.75, 3.05) is 14.2 Å². The smallest absolute Gasteiger partial charge is 0.251 e. The summed E-state index contributed by atoms with van der Waals surface area (Å²) in [7, 11) is -1.10. The van der Waals surface area contributed by atoms with Crippen LogP contribution in [0, 0.1) is 0 Å². The van der Waals surface area contributed by atoms with Gasteiger partial charge >= 0.3 is 0 Å². The Morgan fingerprint density at radius 2 is 1.82 bits per heavy atom. The van der Waals surface area contributed by atoms with Gasteiger partial charge < -0.3 is 19.2 Å². The molecular formula is C24H26N2O6S. The second kappa shape index (κ2) is 9.68. The van der Waals surface area contributed by atoms with Gasteiger partial charge in [-0.25, -0.2) is 8.42 Å². The molecule has 33 heavy (non-hydrogen) atoms. The largest absolute Gasteiger partial charge is 0.497 e. The third kappa shape index (κ3) is 5.37. The highest BCUT2D eigenvalue weighted by molar-refractivity contribution is 7.89. The molecule has 1 aliphatic carbocycles. The number of sulfonamides is 1. The van der Waals surface area contributed by atoms with Crippen LogP contribution < -0.4 is 14.8 Å². The number of hydrogen-bond acceptors (Lipinski definition) is 6. The van der Waals surface area contributed by atoms with Gasteiger partial charge in [0.05, 0.1) is 27.0 Å². The first-order valence-electron chi connectivity index (χ1n) is 10.5. The van der Waals surface area contributed by atoms with Gasteiger partial charge in [0.1, 0.15) is 22.2 Å². The quantitative estimate of drug-likeness (QED) is 0.486. The molecule has 0 atom stereocenters. The fourth-order valence-electron chi connectivity index (χ4n) is 3.39. The van der Waals surface area contributed by atoms with E-state index in [0.29, 0.717) is 17.1 Å². The van der Waals surface area contributed by atoms with Crippen molar-refractivity contribution in [3.05, 3.63) is 77.7 Å². The van der Waals surface area contributed by atoms with Crippen molar-refractivity contribution in [2.24, 2.45) is 0 Å². The molecule has 1 aromatic heterocycles. The maximum atomic E-state index is 13.7. The number of rotatable bonds is 10. The summed E-state index contributed by atoms with van der Waals surface area (Å²) in [5.41, 5.74) is 1.27. The van der Waals surface area contributed by atoms with Gasteiger partial charge in [-0.3, -0.25) is 4.79 Å². The number of ether oxygens (including phenoxy) is 2. The van der Waals surface area contributed by atoms with Crippen molar-refractivity contribution in [1.82, 2.24) is 9.62 Å². The van der Waals surface area contributed by atoms with E-state index >= 15 is 0 Å². The van der Waals surface area contributed by atoms with Crippen LogP contribution in [0.3, 0.4) is 0 Å². The Balaban J connectivity index is 1.63. The molecular weight excluding hydrogens is 444 g/mol. The predicted molar refractivity (Wildman–Crippen MR) is 122 cm³/mol. The van der Waals surface area contributed by atoms with Gasteiger partial charge in [0.2, 0.25) is 10.0 Å². The monoisotopic (exact) mass is 470 g/mol. The van der Waals surface area contributed by atoms with Crippen molar-refractivity contribution in [3.8, 4) is 11.5 Å². The summed E-state index contributed by atoms with van der Waals surface area (Å²) >= 11 is 0. The summed E-state index contributed by atoms with van der Waals surface area (Å²) in [4.78, 5) is 12.3. The van der Waals surface area contributed by atoms with Gasteiger partial charge in [-0.2, -0.15) is 4.31 Å². The van der Waals surface area contributed by atoms with E-state index in [1.54, 1.807) is 48.5 Å². The van der Waals surface area contributed by atoms with E-state index in [2.05, 4.69) is 5.32 Å². The van der Waals surface area contributed by atoms with Crippen LogP contribution in [-0.2, 0) is 23.1 Å². The number of hydrogen-bond donors (Lipinski definition) is 1. The first-order valence-corrected chi connectivity index (χ1v) is 12.0. The number of amides is 1. The second-order valence-electron chi connectivity index (χ2n) is 7.81. The number of benzene rings is 2. The molecule has 1 heterocycles. The molecule has 0 radical (unpaired) electrons. The van der Waals surface area contributed by atoms with Gasteiger partial charge in [-0.05, 0) is 54.8 Å². The molecule has 1 saturated carbocycles. The first kappa shape index (κ1) is 22.9. The standard InChI is InChI=1S/C24H26N2O6S/c1-30-20-11-12-22(31-2)23(14-20)33(28,29)26(16-21-4-3-13-32-21)15-17-5-7-18(8-6-17)24(27)25-19-9-10-19/h3-8,11-14,19H,9-10,15-16H2,1-2H3,(H,25,27). The molecule has 1 aliphatic rings. The van der Waals surface area contributed by atoms with Crippen LogP contribution in [0.4, 0.5) is 0 Å². The molecule has 174 valence electrons. The lowest BCUT2D eigenvalue weighted by Gasteiger charge is -2.23. The predicted octanol–water partition coefficient (Wildman–Crippen LogP) is 3.58. The number of nitrogens with zero attached hydrogens (tertiary/aromatic N) is 1. The molecule has 0 unspecified atom stereocenters. The molecule has 3 aromatic rings. The highest BCUT2D eigenvalue weighted by atomic mass is 32.2. The van der Waals surface area contributed by atoms with Crippen molar-refractivity contribution in [2.45, 2.75) is 36.9 Å². The average molecular weight is 471 g/mol. The Hall–Kier alpha value is -3.30. The molecule has 8 nitrogen and oxygen atoms in total. The Morgan fingerprint density at radius 3 is 2.42 bits per heavy atom. The van der Waals surface area contributed by atoms with Crippen molar-refractivity contribution in [1.29, 1.82) is 0 Å². The third-order valence-corrected chi connectivity index (χ3v) is 7.20. The average Bonchev–Trinajstić information content (AvgIpc) is 3.49. The van der Waals surface area contributed by atoms with Gasteiger partial charge in [-0.1, -0.05) is 12.1 Å². The third-order valence-electron chi connectivity index (χ3n) is 5.39. The molecule has 0 aliphatic heterocycles. The lowest BCUT2D eigenvalue weighted by atomic mass is 10.1. The zero-order valence-corrected chi connectivity index (χ0v) is 19.3. The Bertz CT molecular complexity index is 1200. The number of carbonyl (C=O) groups excluding carboxylic acids is 1. The van der Waals surface area contributed by atoms with Crippen LogP contribution in [0.15, 0.2) is 70.2 Å². The van der Waals surface area contributed by atoms with Crippen LogP contribution in [0.2, 0.25) is 0 Å². The number of methoxy groups -OCH3 is 2. The molecule has 0 bridgehead atoms. The maximum absolute atomic E-state index is 13.7. The van der Waals surface area contributed by atoms with Crippen molar-refractivity contribution < 1.29 is 27.1 Å². The van der Waals surface area contributed by atoms with Crippen molar-refractivity contribution >= 4 is 15.9 Å². The summed E-state index contributed by atoms with van der Waals surface area (Å²) in [6.07, 6.45) is 3.52. The fraction of sp³-hybridized carbons (Fsp3) is 0.292. The van der Waals surface area contributed by atoms with Gasteiger partial charge in [-0.15, -0.1) is 0 Å². The summed E-state index contributed by atoms with van der Waals surface area (Å²) in [6, 6.07) is 15.3. The van der Waals surface area contributed by atoms with E-state index in [9.17, 15) is 13.2 Å². The van der Waals surface area contributed by atoms with Gasteiger partial charge in [0.25, 0.3) is 5.91 Å². The molecule has 2 aromatic carbocycles. The van der Waals surface area contributed by atoms with E-state index in [4.69, 9.17) is 13.9 Å². The van der Waals surface area contributed by atoms with Gasteiger partial charge in [0.15, 0.2) is 0 Å². The minimum absolute atomic E-state index is 0.00339. The summed E-state index contributed by atoms with van der Waals surface area (Å²) in [6.45, 7) is 0.105. The van der Waals surface area contributed by atoms with Crippen LogP contribution in [-0.4, -0.2) is 38.9 Å². The van der Waals surface area contributed by atoms with Crippen molar-refractivity contribution in [3.63, 3.8) is 0 Å². The minimum Gasteiger partial charge on any atom is -0.497 e. The Labute approximate surface area is 193 Å². The lowest BCUT2D eigenvalue weighted by Crippen LogP contribution is -2.30. The molecule has 1 amide bonds. The maximum Gasteiger partial charge on any atom is 0.251 e. The normalized spacial score (nSPS) is 13.7. The summed E-state index contributed by atoms with van der Waals surface area (Å²) in [5, 5.41) is 2.95. The van der Waals surface area contributed by atoms with Crippen LogP contribution >= 0.6 is 0 Å². The van der Waals surface area contributed by atoms with Crippen LogP contribution in [0.25, 0.3) is 0 Å². The van der Waals surface area contributed by atoms with E-state index in [0.717, 1.165) is 18.4 Å². The first-order chi connectivity index (χ1) is 15.9. The molecule has 4 rings (SSSR count).